The molecule has 0 spiro atoms. The molecule has 0 bridgehead atoms. The number of benzene rings is 1. The second-order valence-electron chi connectivity index (χ2n) is 4.55. The summed E-state index contributed by atoms with van der Waals surface area (Å²) in [5.41, 5.74) is 7.80. The van der Waals surface area contributed by atoms with Gasteiger partial charge in [0, 0.05) is 45.6 Å². The van der Waals surface area contributed by atoms with Gasteiger partial charge in [-0.2, -0.15) is 0 Å². The molecule has 0 aliphatic carbocycles. The zero-order valence-electron chi connectivity index (χ0n) is 11.3. The van der Waals surface area contributed by atoms with Crippen LogP contribution in [0.3, 0.4) is 0 Å². The van der Waals surface area contributed by atoms with Gasteiger partial charge < -0.3 is 11.1 Å². The Morgan fingerprint density at radius 1 is 1.20 bits per heavy atom. The maximum Gasteiger partial charge on any atom is 0.112 e. The summed E-state index contributed by atoms with van der Waals surface area (Å²) in [6, 6.07) is 5.85. The fourth-order valence-corrected chi connectivity index (χ4v) is 2.93. The van der Waals surface area contributed by atoms with Gasteiger partial charge in [-0.25, -0.2) is 4.98 Å². The van der Waals surface area contributed by atoms with Crippen molar-refractivity contribution in [2.45, 2.75) is 19.9 Å². The standard InChI is InChI=1S/C15H16N4S/c1-2-10-7-19-15(20-10)9-18-14-4-3-13(16)11-5-6-17-8-12(11)14/h3-8,18H,2,9,16H2,1H3. The van der Waals surface area contributed by atoms with Crippen LogP contribution in [0.15, 0.2) is 36.8 Å². The molecule has 0 aliphatic heterocycles. The number of nitrogens with zero attached hydrogens (tertiary/aromatic N) is 2. The topological polar surface area (TPSA) is 63.8 Å². The van der Waals surface area contributed by atoms with E-state index in [2.05, 4.69) is 22.2 Å². The molecule has 2 aromatic heterocycles. The molecule has 0 saturated heterocycles. The maximum absolute atomic E-state index is 5.99. The minimum absolute atomic E-state index is 0.721. The van der Waals surface area contributed by atoms with Crippen LogP contribution in [0.1, 0.15) is 16.8 Å². The molecule has 0 fully saturated rings. The second kappa shape index (κ2) is 5.46. The van der Waals surface area contributed by atoms with Crippen molar-refractivity contribution in [3.05, 3.63) is 46.7 Å². The molecule has 1 aromatic carbocycles. The van der Waals surface area contributed by atoms with E-state index in [-0.39, 0.29) is 0 Å². The first-order chi connectivity index (χ1) is 9.78. The van der Waals surface area contributed by atoms with E-state index in [0.717, 1.165) is 40.1 Å². The number of pyridine rings is 1. The van der Waals surface area contributed by atoms with E-state index >= 15 is 0 Å². The van der Waals surface area contributed by atoms with E-state index < -0.39 is 0 Å². The largest absolute Gasteiger partial charge is 0.398 e. The van der Waals surface area contributed by atoms with Crippen molar-refractivity contribution in [1.29, 1.82) is 0 Å². The monoisotopic (exact) mass is 284 g/mol. The van der Waals surface area contributed by atoms with E-state index in [1.54, 1.807) is 17.5 Å². The molecule has 2 heterocycles. The van der Waals surface area contributed by atoms with Gasteiger partial charge >= 0.3 is 0 Å². The molecule has 20 heavy (non-hydrogen) atoms. The summed E-state index contributed by atoms with van der Waals surface area (Å²) in [4.78, 5) is 9.90. The predicted molar refractivity (Wildman–Crippen MR) is 85.0 cm³/mol. The third-order valence-corrected chi connectivity index (χ3v) is 4.37. The first-order valence-corrected chi connectivity index (χ1v) is 7.39. The minimum Gasteiger partial charge on any atom is -0.398 e. The average molecular weight is 284 g/mol. The van der Waals surface area contributed by atoms with Crippen molar-refractivity contribution in [3.63, 3.8) is 0 Å². The number of rotatable bonds is 4. The lowest BCUT2D eigenvalue weighted by Crippen LogP contribution is -2.00. The molecule has 0 saturated carbocycles. The Balaban J connectivity index is 1.86. The number of fused-ring (bicyclic) bond motifs is 1. The number of nitrogens with one attached hydrogen (secondary N) is 1. The fourth-order valence-electron chi connectivity index (χ4n) is 2.13. The Morgan fingerprint density at radius 3 is 2.90 bits per heavy atom. The van der Waals surface area contributed by atoms with E-state index in [9.17, 15) is 0 Å². The number of nitrogen functional groups attached to an aromatic ring is 1. The maximum atomic E-state index is 5.99. The van der Waals surface area contributed by atoms with E-state index in [1.165, 1.54) is 4.88 Å². The van der Waals surface area contributed by atoms with Crippen molar-refractivity contribution in [3.8, 4) is 0 Å². The zero-order chi connectivity index (χ0) is 13.9. The summed E-state index contributed by atoms with van der Waals surface area (Å²) >= 11 is 1.75. The molecule has 0 amide bonds. The summed E-state index contributed by atoms with van der Waals surface area (Å²) in [6.07, 6.45) is 6.58. The zero-order valence-corrected chi connectivity index (χ0v) is 12.1. The van der Waals surface area contributed by atoms with Gasteiger partial charge in [-0.15, -0.1) is 11.3 Å². The van der Waals surface area contributed by atoms with E-state index in [4.69, 9.17) is 5.73 Å². The van der Waals surface area contributed by atoms with Crippen LogP contribution in [0.4, 0.5) is 11.4 Å². The number of hydrogen-bond acceptors (Lipinski definition) is 5. The van der Waals surface area contributed by atoms with Crippen molar-refractivity contribution in [2.75, 3.05) is 11.1 Å². The third-order valence-electron chi connectivity index (χ3n) is 3.23. The summed E-state index contributed by atoms with van der Waals surface area (Å²) in [6.45, 7) is 2.86. The van der Waals surface area contributed by atoms with Crippen molar-refractivity contribution in [2.24, 2.45) is 0 Å². The van der Waals surface area contributed by atoms with Crippen molar-refractivity contribution >= 4 is 33.5 Å². The van der Waals surface area contributed by atoms with Gasteiger partial charge in [0.2, 0.25) is 0 Å². The Bertz CT molecular complexity index is 736. The molecule has 0 radical (unpaired) electrons. The molecule has 3 N–H and O–H groups in total. The van der Waals surface area contributed by atoms with Crippen LogP contribution in [-0.2, 0) is 13.0 Å². The molecular weight excluding hydrogens is 268 g/mol. The Labute approximate surface area is 121 Å². The Hall–Kier alpha value is -2.14. The van der Waals surface area contributed by atoms with Gasteiger partial charge in [-0.3, -0.25) is 4.98 Å². The summed E-state index contributed by atoms with van der Waals surface area (Å²) in [5, 5.41) is 6.58. The fraction of sp³-hybridized carbons (Fsp3) is 0.200. The molecule has 0 aliphatic rings. The number of aryl methyl sites for hydroxylation is 1. The third kappa shape index (κ3) is 2.44. The van der Waals surface area contributed by atoms with Crippen molar-refractivity contribution in [1.82, 2.24) is 9.97 Å². The highest BCUT2D eigenvalue weighted by molar-refractivity contribution is 7.11. The Morgan fingerprint density at radius 2 is 2.10 bits per heavy atom. The minimum atomic E-state index is 0.721. The van der Waals surface area contributed by atoms with Crippen LogP contribution in [0.25, 0.3) is 10.8 Å². The number of thiazole rings is 1. The van der Waals surface area contributed by atoms with E-state index in [1.807, 2.05) is 30.6 Å². The lowest BCUT2D eigenvalue weighted by atomic mass is 10.1. The second-order valence-corrected chi connectivity index (χ2v) is 5.75. The SMILES string of the molecule is CCc1cnc(CNc2ccc(N)c3ccncc23)s1. The van der Waals surface area contributed by atoms with Gasteiger partial charge in [0.15, 0.2) is 0 Å². The van der Waals surface area contributed by atoms with Crippen LogP contribution in [0.2, 0.25) is 0 Å². The highest BCUT2D eigenvalue weighted by Crippen LogP contribution is 2.28. The molecular formula is C15H16N4S. The normalized spacial score (nSPS) is 10.8. The average Bonchev–Trinajstić information content (AvgIpc) is 2.95. The molecule has 5 heteroatoms. The van der Waals surface area contributed by atoms with Crippen LogP contribution < -0.4 is 11.1 Å². The van der Waals surface area contributed by atoms with Gasteiger partial charge in [0.05, 0.1) is 6.54 Å². The van der Waals surface area contributed by atoms with Crippen LogP contribution in [0, 0.1) is 0 Å². The number of anilines is 2. The summed E-state index contributed by atoms with van der Waals surface area (Å²) in [7, 11) is 0. The van der Waals surface area contributed by atoms with Gasteiger partial charge in [0.25, 0.3) is 0 Å². The van der Waals surface area contributed by atoms with Crippen LogP contribution >= 0.6 is 11.3 Å². The highest BCUT2D eigenvalue weighted by atomic mass is 32.1. The predicted octanol–water partition coefficient (Wildman–Crippen LogP) is 3.45. The molecule has 3 rings (SSSR count). The van der Waals surface area contributed by atoms with Gasteiger partial charge in [0.1, 0.15) is 5.01 Å². The van der Waals surface area contributed by atoms with Crippen molar-refractivity contribution < 1.29 is 0 Å². The molecule has 0 atom stereocenters. The Kier molecular flexibility index (Phi) is 3.52. The first-order valence-electron chi connectivity index (χ1n) is 6.57. The van der Waals surface area contributed by atoms with Crippen LogP contribution in [-0.4, -0.2) is 9.97 Å². The summed E-state index contributed by atoms with van der Waals surface area (Å²) < 4.78 is 0. The molecule has 102 valence electrons. The van der Waals surface area contributed by atoms with Gasteiger partial charge in [-0.05, 0) is 24.6 Å². The lowest BCUT2D eigenvalue weighted by molar-refractivity contribution is 1.10. The summed E-state index contributed by atoms with van der Waals surface area (Å²) in [5.74, 6) is 0. The highest BCUT2D eigenvalue weighted by Gasteiger charge is 2.05. The molecule has 3 aromatic rings. The number of aromatic nitrogens is 2. The van der Waals surface area contributed by atoms with Gasteiger partial charge in [-0.1, -0.05) is 6.92 Å². The number of hydrogen-bond donors (Lipinski definition) is 2. The molecule has 4 nitrogen and oxygen atoms in total. The smallest absolute Gasteiger partial charge is 0.112 e. The molecule has 0 unspecified atom stereocenters. The first kappa shape index (κ1) is 12.9. The lowest BCUT2D eigenvalue weighted by Gasteiger charge is -2.09. The van der Waals surface area contributed by atoms with E-state index in [0.29, 0.717) is 0 Å². The van der Waals surface area contributed by atoms with Crippen LogP contribution in [0.5, 0.6) is 0 Å². The number of nitrogens with two attached hydrogens (primary N) is 1. The quantitative estimate of drug-likeness (QED) is 0.720.